The molecule has 0 amide bonds. The number of piperidine rings is 1. The molecule has 1 aliphatic rings. The van der Waals surface area contributed by atoms with Crippen molar-refractivity contribution in [2.75, 3.05) is 19.6 Å². The van der Waals surface area contributed by atoms with Gasteiger partial charge in [-0.1, -0.05) is 19.9 Å². The van der Waals surface area contributed by atoms with Gasteiger partial charge in [-0.2, -0.15) is 17.4 Å². The molecule has 0 aliphatic carbocycles. The van der Waals surface area contributed by atoms with Crippen LogP contribution in [0.4, 0.5) is 0 Å². The van der Waals surface area contributed by atoms with Crippen LogP contribution in [0.15, 0.2) is 17.5 Å². The molecule has 1 aromatic heterocycles. The van der Waals surface area contributed by atoms with Crippen LogP contribution in [-0.2, 0) is 10.2 Å². The van der Waals surface area contributed by atoms with Crippen molar-refractivity contribution in [3.63, 3.8) is 0 Å². The van der Waals surface area contributed by atoms with E-state index in [9.17, 15) is 8.42 Å². The van der Waals surface area contributed by atoms with Crippen LogP contribution in [0.5, 0.6) is 0 Å². The fourth-order valence-electron chi connectivity index (χ4n) is 2.66. The molecule has 0 saturated carbocycles. The highest BCUT2D eigenvalue weighted by atomic mass is 32.2. The number of hydrogen-bond donors (Lipinski definition) is 2. The molecule has 120 valence electrons. The fraction of sp³-hybridized carbons (Fsp3) is 0.714. The third kappa shape index (κ3) is 4.26. The Kier molecular flexibility index (Phi) is 5.79. The van der Waals surface area contributed by atoms with Gasteiger partial charge in [0.2, 0.25) is 0 Å². The zero-order chi connectivity index (χ0) is 15.5. The maximum Gasteiger partial charge on any atom is 0.280 e. The summed E-state index contributed by atoms with van der Waals surface area (Å²) in [6, 6.07) is 3.76. The summed E-state index contributed by atoms with van der Waals surface area (Å²) in [6.07, 6.45) is 1.90. The smallest absolute Gasteiger partial charge is 0.280 e. The zero-order valence-corrected chi connectivity index (χ0v) is 14.3. The van der Waals surface area contributed by atoms with E-state index in [1.807, 2.05) is 31.4 Å². The Balaban J connectivity index is 2.11. The first-order valence-electron chi connectivity index (χ1n) is 7.45. The molecule has 7 heteroatoms. The lowest BCUT2D eigenvalue weighted by atomic mass is 10.0. The highest BCUT2D eigenvalue weighted by Gasteiger charge is 2.31. The average Bonchev–Trinajstić information content (AvgIpc) is 2.98. The molecule has 2 atom stereocenters. The van der Waals surface area contributed by atoms with E-state index in [2.05, 4.69) is 4.72 Å². The van der Waals surface area contributed by atoms with Crippen molar-refractivity contribution in [3.8, 4) is 0 Å². The molecule has 2 unspecified atom stereocenters. The first kappa shape index (κ1) is 16.9. The van der Waals surface area contributed by atoms with Gasteiger partial charge in [0, 0.05) is 18.0 Å². The van der Waals surface area contributed by atoms with Crippen LogP contribution >= 0.6 is 11.3 Å². The summed E-state index contributed by atoms with van der Waals surface area (Å²) in [5.74, 6) is 0.475. The lowest BCUT2D eigenvalue weighted by Gasteiger charge is -2.33. The minimum absolute atomic E-state index is 0.173. The van der Waals surface area contributed by atoms with E-state index >= 15 is 0 Å². The maximum atomic E-state index is 12.6. The normalized spacial score (nSPS) is 22.6. The summed E-state index contributed by atoms with van der Waals surface area (Å²) >= 11 is 1.59. The summed E-state index contributed by atoms with van der Waals surface area (Å²) in [5.41, 5.74) is 5.70. The number of rotatable bonds is 6. The van der Waals surface area contributed by atoms with Crippen molar-refractivity contribution in [2.45, 2.75) is 32.7 Å². The van der Waals surface area contributed by atoms with Crippen LogP contribution in [0, 0.1) is 11.8 Å². The van der Waals surface area contributed by atoms with E-state index in [1.165, 1.54) is 0 Å². The van der Waals surface area contributed by atoms with Gasteiger partial charge in [0.05, 0.1) is 6.04 Å². The Morgan fingerprint density at radius 1 is 1.52 bits per heavy atom. The maximum absolute atomic E-state index is 12.6. The van der Waals surface area contributed by atoms with Gasteiger partial charge in [-0.25, -0.2) is 0 Å². The van der Waals surface area contributed by atoms with Crippen LogP contribution in [0.25, 0.3) is 0 Å². The van der Waals surface area contributed by atoms with Gasteiger partial charge in [-0.15, -0.1) is 11.3 Å². The number of nitrogens with zero attached hydrogens (tertiary/aromatic N) is 1. The van der Waals surface area contributed by atoms with Gasteiger partial charge >= 0.3 is 0 Å². The number of thiophene rings is 1. The number of hydrogen-bond acceptors (Lipinski definition) is 4. The van der Waals surface area contributed by atoms with Crippen molar-refractivity contribution in [1.82, 2.24) is 9.03 Å². The highest BCUT2D eigenvalue weighted by molar-refractivity contribution is 7.87. The molecule has 1 aromatic rings. The third-order valence-corrected chi connectivity index (χ3v) is 6.47. The van der Waals surface area contributed by atoms with Gasteiger partial charge in [-0.05, 0) is 42.7 Å². The molecule has 1 saturated heterocycles. The Labute approximate surface area is 131 Å². The van der Waals surface area contributed by atoms with Crippen LogP contribution in [0.1, 0.15) is 37.6 Å². The second kappa shape index (κ2) is 7.19. The standard InChI is InChI=1S/C14H25N3O2S2/c1-11(2)14(13-6-4-8-20-13)16-21(18,19)17-7-3-5-12(9-15)10-17/h4,6,8,11-12,14,16H,3,5,7,9-10,15H2,1-2H3. The molecule has 2 rings (SSSR count). The number of nitrogens with two attached hydrogens (primary N) is 1. The van der Waals surface area contributed by atoms with Crippen LogP contribution in [0.2, 0.25) is 0 Å². The first-order valence-corrected chi connectivity index (χ1v) is 9.77. The summed E-state index contributed by atoms with van der Waals surface area (Å²) < 4.78 is 29.7. The van der Waals surface area contributed by atoms with Crippen molar-refractivity contribution in [2.24, 2.45) is 17.6 Å². The Hall–Kier alpha value is -0.470. The molecule has 0 bridgehead atoms. The van der Waals surface area contributed by atoms with Crippen molar-refractivity contribution >= 4 is 21.5 Å². The van der Waals surface area contributed by atoms with E-state index in [0.29, 0.717) is 19.6 Å². The highest BCUT2D eigenvalue weighted by Crippen LogP contribution is 2.28. The average molecular weight is 332 g/mol. The van der Waals surface area contributed by atoms with Crippen molar-refractivity contribution in [3.05, 3.63) is 22.4 Å². The Morgan fingerprint density at radius 3 is 2.86 bits per heavy atom. The summed E-state index contributed by atoms with van der Waals surface area (Å²) in [6.45, 7) is 5.73. The SMILES string of the molecule is CC(C)C(NS(=O)(=O)N1CCCC(CN)C1)c1cccs1. The fourth-order valence-corrected chi connectivity index (χ4v) is 5.33. The molecule has 0 aromatic carbocycles. The summed E-state index contributed by atoms with van der Waals surface area (Å²) in [7, 11) is -3.46. The van der Waals surface area contributed by atoms with E-state index in [-0.39, 0.29) is 17.9 Å². The van der Waals surface area contributed by atoms with Crippen molar-refractivity contribution in [1.29, 1.82) is 0 Å². The quantitative estimate of drug-likeness (QED) is 0.836. The molecule has 5 nitrogen and oxygen atoms in total. The molecule has 3 N–H and O–H groups in total. The van der Waals surface area contributed by atoms with Crippen LogP contribution < -0.4 is 10.5 Å². The summed E-state index contributed by atoms with van der Waals surface area (Å²) in [4.78, 5) is 1.06. The monoisotopic (exact) mass is 331 g/mol. The predicted molar refractivity (Wildman–Crippen MR) is 87.3 cm³/mol. The zero-order valence-electron chi connectivity index (χ0n) is 12.7. The largest absolute Gasteiger partial charge is 0.330 e. The Morgan fingerprint density at radius 2 is 2.29 bits per heavy atom. The minimum atomic E-state index is -3.46. The molecular formula is C14H25N3O2S2. The van der Waals surface area contributed by atoms with E-state index in [0.717, 1.165) is 17.7 Å². The van der Waals surface area contributed by atoms with Gasteiger partial charge in [0.25, 0.3) is 10.2 Å². The second-order valence-electron chi connectivity index (χ2n) is 5.96. The molecule has 1 aliphatic heterocycles. The van der Waals surface area contributed by atoms with E-state index in [1.54, 1.807) is 15.6 Å². The van der Waals surface area contributed by atoms with Crippen molar-refractivity contribution < 1.29 is 8.42 Å². The summed E-state index contributed by atoms with van der Waals surface area (Å²) in [5, 5.41) is 1.98. The Bertz CT molecular complexity index is 528. The lowest BCUT2D eigenvalue weighted by Crippen LogP contribution is -2.48. The van der Waals surface area contributed by atoms with Gasteiger partial charge in [0.1, 0.15) is 0 Å². The van der Waals surface area contributed by atoms with Gasteiger partial charge in [-0.3, -0.25) is 0 Å². The third-order valence-electron chi connectivity index (χ3n) is 3.95. The first-order chi connectivity index (χ1) is 9.94. The second-order valence-corrected chi connectivity index (χ2v) is 8.64. The van der Waals surface area contributed by atoms with Gasteiger partial charge < -0.3 is 5.73 Å². The lowest BCUT2D eigenvalue weighted by molar-refractivity contribution is 0.265. The topological polar surface area (TPSA) is 75.4 Å². The molecular weight excluding hydrogens is 306 g/mol. The van der Waals surface area contributed by atoms with Crippen LogP contribution in [-0.4, -0.2) is 32.4 Å². The molecule has 21 heavy (non-hydrogen) atoms. The molecule has 0 spiro atoms. The number of nitrogens with one attached hydrogen (secondary N) is 1. The molecule has 0 radical (unpaired) electrons. The molecule has 2 heterocycles. The predicted octanol–water partition coefficient (Wildman–Crippen LogP) is 1.95. The minimum Gasteiger partial charge on any atom is -0.330 e. The van der Waals surface area contributed by atoms with E-state index in [4.69, 9.17) is 5.73 Å². The molecule has 1 fully saturated rings. The van der Waals surface area contributed by atoms with Crippen LogP contribution in [0.3, 0.4) is 0 Å². The van der Waals surface area contributed by atoms with E-state index < -0.39 is 10.2 Å². The van der Waals surface area contributed by atoms with Gasteiger partial charge in [0.15, 0.2) is 0 Å².